The van der Waals surface area contributed by atoms with E-state index in [1.54, 1.807) is 13.0 Å². The molecule has 0 fully saturated rings. The maximum atomic E-state index is 12.2. The Morgan fingerprint density at radius 2 is 2.15 bits per heavy atom. The molecule has 0 aromatic carbocycles. The molecule has 0 aliphatic carbocycles. The fourth-order valence-corrected chi connectivity index (χ4v) is 2.58. The van der Waals surface area contributed by atoms with E-state index >= 15 is 0 Å². The SMILES string of the molecule is COC(=O)c1cc(CN(C)CC(O)C(F)(F)F)c(C)s1. The standard InChI is InChI=1S/C12H16F3NO3S/c1-7-8(4-9(20-7)11(18)19-3)5-16(2)6-10(17)12(13,14)15/h4,10,17H,5-6H2,1-3H3. The van der Waals surface area contributed by atoms with Gasteiger partial charge in [-0.25, -0.2) is 4.79 Å². The number of esters is 1. The Labute approximate surface area is 118 Å². The van der Waals surface area contributed by atoms with Crippen LogP contribution in [0.5, 0.6) is 0 Å². The number of thiophene rings is 1. The van der Waals surface area contributed by atoms with Crippen molar-refractivity contribution in [2.75, 3.05) is 20.7 Å². The van der Waals surface area contributed by atoms with Crippen LogP contribution in [0.1, 0.15) is 20.1 Å². The molecule has 4 nitrogen and oxygen atoms in total. The average molecular weight is 311 g/mol. The highest BCUT2D eigenvalue weighted by atomic mass is 32.1. The summed E-state index contributed by atoms with van der Waals surface area (Å²) < 4.78 is 41.3. The van der Waals surface area contributed by atoms with Crippen LogP contribution in [-0.2, 0) is 11.3 Å². The van der Waals surface area contributed by atoms with Gasteiger partial charge in [-0.15, -0.1) is 11.3 Å². The zero-order valence-corrected chi connectivity index (χ0v) is 12.1. The summed E-state index contributed by atoms with van der Waals surface area (Å²) >= 11 is 1.23. The molecule has 0 bridgehead atoms. The molecule has 0 radical (unpaired) electrons. The largest absolute Gasteiger partial charge is 0.465 e. The van der Waals surface area contributed by atoms with Crippen molar-refractivity contribution in [3.05, 3.63) is 21.4 Å². The van der Waals surface area contributed by atoms with Gasteiger partial charge in [-0.3, -0.25) is 4.90 Å². The number of rotatable bonds is 5. The van der Waals surface area contributed by atoms with Crippen molar-refractivity contribution in [2.45, 2.75) is 25.7 Å². The molecule has 8 heteroatoms. The minimum absolute atomic E-state index is 0.215. The summed E-state index contributed by atoms with van der Waals surface area (Å²) in [4.78, 5) is 14.0. The Morgan fingerprint density at radius 1 is 1.55 bits per heavy atom. The third-order valence-electron chi connectivity index (χ3n) is 2.71. The Kier molecular flexibility index (Phi) is 5.55. The first kappa shape index (κ1) is 16.9. The predicted molar refractivity (Wildman–Crippen MR) is 68.8 cm³/mol. The number of nitrogens with zero attached hydrogens (tertiary/aromatic N) is 1. The lowest BCUT2D eigenvalue weighted by molar-refractivity contribution is -0.207. The van der Waals surface area contributed by atoms with Crippen LogP contribution in [0, 0.1) is 6.92 Å². The number of carbonyl (C=O) groups excluding carboxylic acids is 1. The number of methoxy groups -OCH3 is 1. The lowest BCUT2D eigenvalue weighted by Gasteiger charge is -2.22. The minimum atomic E-state index is -4.63. The maximum Gasteiger partial charge on any atom is 0.415 e. The first-order valence-corrected chi connectivity index (χ1v) is 6.57. The van der Waals surface area contributed by atoms with Gasteiger partial charge in [0, 0.05) is 18.0 Å². The van der Waals surface area contributed by atoms with Gasteiger partial charge < -0.3 is 9.84 Å². The van der Waals surface area contributed by atoms with Crippen molar-refractivity contribution in [1.82, 2.24) is 4.90 Å². The highest BCUT2D eigenvalue weighted by molar-refractivity contribution is 7.14. The van der Waals surface area contributed by atoms with Gasteiger partial charge >= 0.3 is 12.1 Å². The first-order chi connectivity index (χ1) is 9.15. The Morgan fingerprint density at radius 3 is 2.65 bits per heavy atom. The number of ether oxygens (including phenoxy) is 1. The summed E-state index contributed by atoms with van der Waals surface area (Å²) in [5.41, 5.74) is 0.743. The average Bonchev–Trinajstić information content (AvgIpc) is 2.68. The summed E-state index contributed by atoms with van der Waals surface area (Å²) in [5.74, 6) is -0.470. The van der Waals surface area contributed by atoms with Gasteiger partial charge in [0.15, 0.2) is 6.10 Å². The number of aryl methyl sites for hydroxylation is 1. The second-order valence-electron chi connectivity index (χ2n) is 4.44. The molecule has 1 unspecified atom stereocenters. The second-order valence-corrected chi connectivity index (χ2v) is 5.69. The monoisotopic (exact) mass is 311 g/mol. The van der Waals surface area contributed by atoms with Crippen LogP contribution in [0.3, 0.4) is 0 Å². The number of hydrogen-bond acceptors (Lipinski definition) is 5. The second kappa shape index (κ2) is 6.55. The smallest absolute Gasteiger partial charge is 0.415 e. The van der Waals surface area contributed by atoms with Crippen molar-refractivity contribution in [2.24, 2.45) is 0 Å². The molecule has 1 aromatic heterocycles. The van der Waals surface area contributed by atoms with Gasteiger partial charge in [-0.1, -0.05) is 0 Å². The van der Waals surface area contributed by atoms with Crippen molar-refractivity contribution >= 4 is 17.3 Å². The van der Waals surface area contributed by atoms with Gasteiger partial charge in [-0.05, 0) is 25.6 Å². The summed E-state index contributed by atoms with van der Waals surface area (Å²) in [5, 5.41) is 9.00. The van der Waals surface area contributed by atoms with Gasteiger partial charge in [0.25, 0.3) is 0 Å². The zero-order chi connectivity index (χ0) is 15.5. The van der Waals surface area contributed by atoms with E-state index < -0.39 is 24.8 Å². The van der Waals surface area contributed by atoms with Crippen LogP contribution >= 0.6 is 11.3 Å². The molecule has 0 spiro atoms. The molecule has 0 aliphatic heterocycles. The maximum absolute atomic E-state index is 12.2. The zero-order valence-electron chi connectivity index (χ0n) is 11.3. The summed E-state index contributed by atoms with van der Waals surface area (Å²) in [6.45, 7) is 1.47. The van der Waals surface area contributed by atoms with E-state index in [4.69, 9.17) is 5.11 Å². The molecule has 0 aliphatic rings. The molecule has 0 saturated heterocycles. The Hall–Kier alpha value is -1.12. The molecular weight excluding hydrogens is 295 g/mol. The van der Waals surface area contributed by atoms with E-state index in [9.17, 15) is 18.0 Å². The van der Waals surface area contributed by atoms with Crippen molar-refractivity contribution < 1.29 is 27.8 Å². The van der Waals surface area contributed by atoms with Crippen LogP contribution in [0.15, 0.2) is 6.07 Å². The summed E-state index contributed by atoms with van der Waals surface area (Å²) in [6.07, 6.45) is -7.01. The normalized spacial score (nSPS) is 13.6. The third kappa shape index (κ3) is 4.46. The Bertz CT molecular complexity index is 473. The van der Waals surface area contributed by atoms with Crippen molar-refractivity contribution in [1.29, 1.82) is 0 Å². The number of likely N-dealkylation sites (N-methyl/N-ethyl adjacent to an activating group) is 1. The molecule has 1 N–H and O–H groups in total. The van der Waals surface area contributed by atoms with Crippen molar-refractivity contribution in [3.8, 4) is 0 Å². The lowest BCUT2D eigenvalue weighted by atomic mass is 10.2. The van der Waals surface area contributed by atoms with E-state index in [2.05, 4.69) is 4.74 Å². The molecule has 0 amide bonds. The third-order valence-corrected chi connectivity index (χ3v) is 3.78. The minimum Gasteiger partial charge on any atom is -0.465 e. The number of aliphatic hydroxyl groups is 1. The lowest BCUT2D eigenvalue weighted by Crippen LogP contribution is -2.39. The van der Waals surface area contributed by atoms with E-state index in [0.717, 1.165) is 10.4 Å². The topological polar surface area (TPSA) is 49.8 Å². The van der Waals surface area contributed by atoms with Gasteiger partial charge in [-0.2, -0.15) is 13.2 Å². The van der Waals surface area contributed by atoms with Gasteiger partial charge in [0.2, 0.25) is 0 Å². The highest BCUT2D eigenvalue weighted by Gasteiger charge is 2.38. The molecule has 20 heavy (non-hydrogen) atoms. The molecule has 1 aromatic rings. The quantitative estimate of drug-likeness (QED) is 0.847. The highest BCUT2D eigenvalue weighted by Crippen LogP contribution is 2.25. The van der Waals surface area contributed by atoms with E-state index in [1.165, 1.54) is 30.4 Å². The number of halogens is 3. The molecule has 0 saturated carbocycles. The van der Waals surface area contributed by atoms with E-state index in [-0.39, 0.29) is 6.54 Å². The van der Waals surface area contributed by atoms with Gasteiger partial charge in [0.05, 0.1) is 7.11 Å². The van der Waals surface area contributed by atoms with E-state index in [1.807, 2.05) is 0 Å². The Balaban J connectivity index is 2.69. The van der Waals surface area contributed by atoms with Crippen LogP contribution in [0.4, 0.5) is 13.2 Å². The summed E-state index contributed by atoms with van der Waals surface area (Å²) in [6, 6.07) is 1.60. The number of alkyl halides is 3. The fourth-order valence-electron chi connectivity index (χ4n) is 1.63. The molecule has 114 valence electrons. The molecular formula is C12H16F3NO3S. The number of aliphatic hydroxyl groups excluding tert-OH is 1. The number of carbonyl (C=O) groups is 1. The number of hydrogen-bond donors (Lipinski definition) is 1. The van der Waals surface area contributed by atoms with Crippen LogP contribution in [-0.4, -0.2) is 49.0 Å². The molecule has 1 atom stereocenters. The van der Waals surface area contributed by atoms with Crippen molar-refractivity contribution in [3.63, 3.8) is 0 Å². The molecule has 1 rings (SSSR count). The van der Waals surface area contributed by atoms with Gasteiger partial charge in [0.1, 0.15) is 4.88 Å². The van der Waals surface area contributed by atoms with E-state index in [0.29, 0.717) is 4.88 Å². The first-order valence-electron chi connectivity index (χ1n) is 5.76. The van der Waals surface area contributed by atoms with Crippen LogP contribution < -0.4 is 0 Å². The van der Waals surface area contributed by atoms with Crippen LogP contribution in [0.2, 0.25) is 0 Å². The van der Waals surface area contributed by atoms with Crippen LogP contribution in [0.25, 0.3) is 0 Å². The predicted octanol–water partition coefficient (Wildman–Crippen LogP) is 2.20. The summed E-state index contributed by atoms with van der Waals surface area (Å²) in [7, 11) is 2.74. The fraction of sp³-hybridized carbons (Fsp3) is 0.583. The molecule has 1 heterocycles.